The van der Waals surface area contributed by atoms with Gasteiger partial charge in [0.1, 0.15) is 11.8 Å². The van der Waals surface area contributed by atoms with Crippen molar-refractivity contribution in [3.8, 4) is 0 Å². The maximum absolute atomic E-state index is 11.5. The number of carbonyl (C=O) groups excluding carboxylic acids is 2. The number of Topliss-reactive ketones (excluding diaryl/α,β-unsaturated/α-hetero) is 1. The fraction of sp³-hybridized carbons (Fsp3) is 0.800. The van der Waals surface area contributed by atoms with Crippen LogP contribution in [0, 0.1) is 5.92 Å². The van der Waals surface area contributed by atoms with E-state index in [1.807, 2.05) is 13.8 Å². The van der Waals surface area contributed by atoms with Crippen molar-refractivity contribution >= 4 is 11.7 Å². The highest BCUT2D eigenvalue weighted by Gasteiger charge is 2.29. The summed E-state index contributed by atoms with van der Waals surface area (Å²) in [6.45, 7) is 5.42. The Kier molecular flexibility index (Phi) is 4.23. The average molecular weight is 214 g/mol. The van der Waals surface area contributed by atoms with Crippen LogP contribution in [0.3, 0.4) is 0 Å². The van der Waals surface area contributed by atoms with Crippen LogP contribution in [0.2, 0.25) is 0 Å². The van der Waals surface area contributed by atoms with Gasteiger partial charge in [-0.25, -0.2) is 0 Å². The molecule has 1 aliphatic rings. The number of morpholine rings is 1. The summed E-state index contributed by atoms with van der Waals surface area (Å²) in [5.41, 5.74) is 5.24. The highest BCUT2D eigenvalue weighted by Crippen LogP contribution is 2.08. The molecule has 1 rings (SSSR count). The first-order valence-electron chi connectivity index (χ1n) is 5.16. The standard InChI is InChI=1S/C10H18N2O3/c1-7(2)9(13)5-12-3-4-15-6-8(12)10(11)14/h7-8H,3-6H2,1-2H3,(H2,11,14). The van der Waals surface area contributed by atoms with E-state index in [0.717, 1.165) is 0 Å². The van der Waals surface area contributed by atoms with Crippen LogP contribution in [0.5, 0.6) is 0 Å². The van der Waals surface area contributed by atoms with Gasteiger partial charge < -0.3 is 10.5 Å². The van der Waals surface area contributed by atoms with Gasteiger partial charge in [0, 0.05) is 12.5 Å². The van der Waals surface area contributed by atoms with E-state index in [1.54, 1.807) is 4.90 Å². The van der Waals surface area contributed by atoms with Crippen molar-refractivity contribution in [3.63, 3.8) is 0 Å². The summed E-state index contributed by atoms with van der Waals surface area (Å²) < 4.78 is 5.16. The van der Waals surface area contributed by atoms with Gasteiger partial charge in [0.15, 0.2) is 0 Å². The van der Waals surface area contributed by atoms with Crippen LogP contribution in [0.25, 0.3) is 0 Å². The Morgan fingerprint density at radius 2 is 2.20 bits per heavy atom. The molecule has 1 amide bonds. The van der Waals surface area contributed by atoms with E-state index in [0.29, 0.717) is 19.8 Å². The van der Waals surface area contributed by atoms with Crippen LogP contribution >= 0.6 is 0 Å². The Morgan fingerprint density at radius 3 is 2.73 bits per heavy atom. The minimum absolute atomic E-state index is 0.0126. The van der Waals surface area contributed by atoms with Crippen molar-refractivity contribution in [1.29, 1.82) is 0 Å². The molecular formula is C10H18N2O3. The summed E-state index contributed by atoms with van der Waals surface area (Å²) >= 11 is 0. The Bertz CT molecular complexity index is 253. The second-order valence-corrected chi connectivity index (χ2v) is 4.08. The molecule has 0 spiro atoms. The molecule has 0 saturated carbocycles. The zero-order valence-corrected chi connectivity index (χ0v) is 9.23. The third-order valence-electron chi connectivity index (χ3n) is 2.57. The number of carbonyl (C=O) groups is 2. The topological polar surface area (TPSA) is 72.6 Å². The van der Waals surface area contributed by atoms with Gasteiger partial charge in [-0.2, -0.15) is 0 Å². The third kappa shape index (κ3) is 3.28. The first-order valence-corrected chi connectivity index (χ1v) is 5.16. The van der Waals surface area contributed by atoms with Crippen LogP contribution in [0.4, 0.5) is 0 Å². The highest BCUT2D eigenvalue weighted by atomic mass is 16.5. The van der Waals surface area contributed by atoms with Crippen LogP contribution in [0.1, 0.15) is 13.8 Å². The molecule has 1 unspecified atom stereocenters. The van der Waals surface area contributed by atoms with Gasteiger partial charge in [0.05, 0.1) is 19.8 Å². The molecule has 1 fully saturated rings. The SMILES string of the molecule is CC(C)C(=O)CN1CCOCC1C(N)=O. The quantitative estimate of drug-likeness (QED) is 0.678. The van der Waals surface area contributed by atoms with Gasteiger partial charge in [-0.15, -0.1) is 0 Å². The number of primary amides is 1. The molecule has 0 aliphatic carbocycles. The van der Waals surface area contributed by atoms with Crippen LogP contribution in [0.15, 0.2) is 0 Å². The number of amides is 1. The van der Waals surface area contributed by atoms with E-state index < -0.39 is 11.9 Å². The lowest BCUT2D eigenvalue weighted by Gasteiger charge is -2.33. The van der Waals surface area contributed by atoms with Crippen molar-refractivity contribution in [1.82, 2.24) is 4.90 Å². The molecule has 0 aromatic carbocycles. The molecule has 5 nitrogen and oxygen atoms in total. The first-order chi connectivity index (χ1) is 7.02. The molecule has 0 radical (unpaired) electrons. The Labute approximate surface area is 89.6 Å². The monoisotopic (exact) mass is 214 g/mol. The number of hydrogen-bond acceptors (Lipinski definition) is 4. The minimum atomic E-state index is -0.457. The number of ether oxygens (including phenoxy) is 1. The van der Waals surface area contributed by atoms with Gasteiger partial charge in [-0.05, 0) is 0 Å². The largest absolute Gasteiger partial charge is 0.378 e. The zero-order valence-electron chi connectivity index (χ0n) is 9.23. The second kappa shape index (κ2) is 5.23. The van der Waals surface area contributed by atoms with Gasteiger partial charge in [0.25, 0.3) is 0 Å². The molecule has 2 N–H and O–H groups in total. The van der Waals surface area contributed by atoms with Gasteiger partial charge in [-0.1, -0.05) is 13.8 Å². The molecule has 0 aromatic heterocycles. The molecular weight excluding hydrogens is 196 g/mol. The predicted octanol–water partition coefficient (Wildman–Crippen LogP) is -0.602. The van der Waals surface area contributed by atoms with Crippen molar-refractivity contribution < 1.29 is 14.3 Å². The average Bonchev–Trinajstić information content (AvgIpc) is 2.18. The van der Waals surface area contributed by atoms with E-state index in [4.69, 9.17) is 10.5 Å². The zero-order chi connectivity index (χ0) is 11.4. The molecule has 1 heterocycles. The van der Waals surface area contributed by atoms with Gasteiger partial charge in [-0.3, -0.25) is 14.5 Å². The summed E-state index contributed by atoms with van der Waals surface area (Å²) in [6, 6.07) is -0.457. The fourth-order valence-electron chi connectivity index (χ4n) is 1.47. The van der Waals surface area contributed by atoms with Crippen LogP contribution < -0.4 is 5.73 Å². The van der Waals surface area contributed by atoms with Gasteiger partial charge >= 0.3 is 0 Å². The summed E-state index contributed by atoms with van der Waals surface area (Å²) in [4.78, 5) is 24.4. The summed E-state index contributed by atoms with van der Waals surface area (Å²) in [6.07, 6.45) is 0. The minimum Gasteiger partial charge on any atom is -0.378 e. The molecule has 15 heavy (non-hydrogen) atoms. The summed E-state index contributed by atoms with van der Waals surface area (Å²) in [5, 5.41) is 0. The highest BCUT2D eigenvalue weighted by molar-refractivity contribution is 5.84. The summed E-state index contributed by atoms with van der Waals surface area (Å²) in [7, 11) is 0. The number of ketones is 1. The van der Waals surface area contributed by atoms with E-state index in [-0.39, 0.29) is 18.2 Å². The second-order valence-electron chi connectivity index (χ2n) is 4.08. The first kappa shape index (κ1) is 12.1. The molecule has 86 valence electrons. The molecule has 1 saturated heterocycles. The maximum Gasteiger partial charge on any atom is 0.237 e. The van der Waals surface area contributed by atoms with Gasteiger partial charge in [0.2, 0.25) is 5.91 Å². The number of nitrogens with two attached hydrogens (primary N) is 1. The fourth-order valence-corrected chi connectivity index (χ4v) is 1.47. The third-order valence-corrected chi connectivity index (χ3v) is 2.57. The van der Waals surface area contributed by atoms with E-state index >= 15 is 0 Å². The smallest absolute Gasteiger partial charge is 0.237 e. The van der Waals surface area contributed by atoms with E-state index in [2.05, 4.69) is 0 Å². The number of nitrogens with zero attached hydrogens (tertiary/aromatic N) is 1. The van der Waals surface area contributed by atoms with Crippen molar-refractivity contribution in [2.75, 3.05) is 26.3 Å². The Morgan fingerprint density at radius 1 is 1.53 bits per heavy atom. The Hall–Kier alpha value is -0.940. The van der Waals surface area contributed by atoms with Crippen LogP contribution in [-0.2, 0) is 14.3 Å². The maximum atomic E-state index is 11.5. The molecule has 0 aromatic rings. The predicted molar refractivity (Wildman–Crippen MR) is 55.2 cm³/mol. The summed E-state index contributed by atoms with van der Waals surface area (Å²) in [5.74, 6) is -0.309. The number of hydrogen-bond donors (Lipinski definition) is 1. The van der Waals surface area contributed by atoms with E-state index in [9.17, 15) is 9.59 Å². The normalized spacial score (nSPS) is 23.0. The molecule has 1 aliphatic heterocycles. The lowest BCUT2D eigenvalue weighted by atomic mass is 10.1. The lowest BCUT2D eigenvalue weighted by molar-refractivity contribution is -0.133. The van der Waals surface area contributed by atoms with E-state index in [1.165, 1.54) is 0 Å². The van der Waals surface area contributed by atoms with Crippen molar-refractivity contribution in [2.45, 2.75) is 19.9 Å². The lowest BCUT2D eigenvalue weighted by Crippen LogP contribution is -2.54. The molecule has 1 atom stereocenters. The van der Waals surface area contributed by atoms with Crippen molar-refractivity contribution in [2.24, 2.45) is 11.7 Å². The number of rotatable bonds is 4. The molecule has 0 bridgehead atoms. The van der Waals surface area contributed by atoms with Crippen molar-refractivity contribution in [3.05, 3.63) is 0 Å². The van der Waals surface area contributed by atoms with Crippen LogP contribution in [-0.4, -0.2) is 48.9 Å². The Balaban J connectivity index is 2.57. The molecule has 5 heteroatoms.